The molecule has 0 saturated heterocycles. The number of amides is 2. The average Bonchev–Trinajstić information content (AvgIpc) is 3.32. The molecule has 172 valence electrons. The van der Waals surface area contributed by atoms with Crippen LogP contribution in [0.4, 0.5) is 5.69 Å². The van der Waals surface area contributed by atoms with Gasteiger partial charge in [0.05, 0.1) is 0 Å². The van der Waals surface area contributed by atoms with Gasteiger partial charge >= 0.3 is 0 Å². The molecule has 4 aromatic rings. The fourth-order valence-electron chi connectivity index (χ4n) is 3.19. The van der Waals surface area contributed by atoms with E-state index in [1.165, 1.54) is 0 Å². The van der Waals surface area contributed by atoms with Crippen molar-refractivity contribution < 1.29 is 14.3 Å². The van der Waals surface area contributed by atoms with Crippen molar-refractivity contribution in [3.05, 3.63) is 105 Å². The zero-order valence-electron chi connectivity index (χ0n) is 18.9. The topological polar surface area (TPSA) is 93.2 Å². The highest BCUT2D eigenvalue weighted by Gasteiger charge is 2.15. The first kappa shape index (κ1) is 23.1. The fraction of sp³-hybridized carbons (Fsp3) is 0.154. The minimum atomic E-state index is -0.392. The summed E-state index contributed by atoms with van der Waals surface area (Å²) < 4.78 is 5.69. The molecule has 0 radical (unpaired) electrons. The second-order valence-electron chi connectivity index (χ2n) is 7.75. The van der Waals surface area contributed by atoms with Crippen LogP contribution >= 0.6 is 11.3 Å². The predicted octanol–water partition coefficient (Wildman–Crippen LogP) is 4.92. The minimum Gasteiger partial charge on any atom is -0.486 e. The van der Waals surface area contributed by atoms with Gasteiger partial charge in [0.25, 0.3) is 11.8 Å². The van der Waals surface area contributed by atoms with Crippen molar-refractivity contribution in [3.8, 4) is 5.75 Å². The number of hydrogen-bond acceptors (Lipinski definition) is 6. The molecule has 7 nitrogen and oxygen atoms in total. The summed E-state index contributed by atoms with van der Waals surface area (Å²) in [4.78, 5) is 25.2. The fourth-order valence-corrected chi connectivity index (χ4v) is 3.84. The van der Waals surface area contributed by atoms with Crippen molar-refractivity contribution in [3.63, 3.8) is 0 Å². The lowest BCUT2D eigenvalue weighted by molar-refractivity contribution is 0.0949. The Morgan fingerprint density at radius 1 is 0.912 bits per heavy atom. The summed E-state index contributed by atoms with van der Waals surface area (Å²) in [6.45, 7) is 4.67. The predicted molar refractivity (Wildman–Crippen MR) is 132 cm³/mol. The first-order chi connectivity index (χ1) is 16.5. The first-order valence-electron chi connectivity index (χ1n) is 10.7. The van der Waals surface area contributed by atoms with E-state index in [2.05, 4.69) is 20.8 Å². The van der Waals surface area contributed by atoms with E-state index in [0.717, 1.165) is 33.8 Å². The smallest absolute Gasteiger partial charge is 0.286 e. The van der Waals surface area contributed by atoms with E-state index in [1.807, 2.05) is 62.4 Å². The van der Waals surface area contributed by atoms with E-state index < -0.39 is 5.91 Å². The third-order valence-corrected chi connectivity index (χ3v) is 6.02. The van der Waals surface area contributed by atoms with E-state index in [-0.39, 0.29) is 17.5 Å². The molecule has 0 fully saturated rings. The second kappa shape index (κ2) is 10.7. The number of ether oxygens (including phenoxy) is 1. The van der Waals surface area contributed by atoms with Crippen molar-refractivity contribution in [1.29, 1.82) is 0 Å². The molecule has 0 spiro atoms. The Hall–Kier alpha value is -4.04. The van der Waals surface area contributed by atoms with Gasteiger partial charge in [0.1, 0.15) is 12.4 Å². The largest absolute Gasteiger partial charge is 0.486 e. The Bertz CT molecular complexity index is 1300. The summed E-state index contributed by atoms with van der Waals surface area (Å²) in [7, 11) is 0. The number of aromatic nitrogens is 2. The Morgan fingerprint density at radius 3 is 2.50 bits per heavy atom. The van der Waals surface area contributed by atoms with Crippen molar-refractivity contribution in [2.75, 3.05) is 5.32 Å². The highest BCUT2D eigenvalue weighted by Crippen LogP contribution is 2.18. The minimum absolute atomic E-state index is 0.217. The SMILES string of the molecule is Cc1ccc(OCc2nnc(C(=O)Nc3cccc(C(=O)NCc4ccccc4C)c3)s2)cc1. The van der Waals surface area contributed by atoms with Gasteiger partial charge in [-0.1, -0.05) is 59.4 Å². The van der Waals surface area contributed by atoms with Crippen LogP contribution in [0.5, 0.6) is 5.75 Å². The van der Waals surface area contributed by atoms with Crippen molar-refractivity contribution in [2.45, 2.75) is 27.0 Å². The van der Waals surface area contributed by atoms with Gasteiger partial charge in [0.2, 0.25) is 5.01 Å². The molecule has 2 N–H and O–H groups in total. The molecule has 3 aromatic carbocycles. The monoisotopic (exact) mass is 472 g/mol. The molecule has 8 heteroatoms. The highest BCUT2D eigenvalue weighted by molar-refractivity contribution is 7.13. The summed E-state index contributed by atoms with van der Waals surface area (Å²) in [5.74, 6) is 0.117. The molecule has 34 heavy (non-hydrogen) atoms. The Morgan fingerprint density at radius 2 is 1.71 bits per heavy atom. The van der Waals surface area contributed by atoms with Gasteiger partial charge in [0.15, 0.2) is 5.01 Å². The summed E-state index contributed by atoms with van der Waals surface area (Å²) in [5.41, 5.74) is 4.27. The van der Waals surface area contributed by atoms with Gasteiger partial charge in [-0.25, -0.2) is 0 Å². The summed E-state index contributed by atoms with van der Waals surface area (Å²) in [6.07, 6.45) is 0. The quantitative estimate of drug-likeness (QED) is 0.380. The average molecular weight is 473 g/mol. The van der Waals surface area contributed by atoms with Gasteiger partial charge in [-0.15, -0.1) is 10.2 Å². The standard InChI is InChI=1S/C26H24N4O3S/c1-17-10-12-22(13-11-17)33-16-23-29-30-26(34-23)25(32)28-21-9-5-8-19(14-21)24(31)27-15-20-7-4-3-6-18(20)2/h3-14H,15-16H2,1-2H3,(H,27,31)(H,28,32). The number of carbonyl (C=O) groups excluding carboxylic acids is 2. The molecule has 0 atom stereocenters. The number of nitrogens with one attached hydrogen (secondary N) is 2. The number of rotatable bonds is 8. The van der Waals surface area contributed by atoms with Crippen LogP contribution in [-0.2, 0) is 13.2 Å². The molecule has 4 rings (SSSR count). The zero-order chi connectivity index (χ0) is 23.9. The number of hydrogen-bond donors (Lipinski definition) is 2. The molecule has 1 heterocycles. The number of anilines is 1. The van der Waals surface area contributed by atoms with E-state index >= 15 is 0 Å². The molecule has 0 unspecified atom stereocenters. The molecule has 1 aromatic heterocycles. The Kier molecular flexibility index (Phi) is 7.29. The molecule has 0 saturated carbocycles. The highest BCUT2D eigenvalue weighted by atomic mass is 32.1. The van der Waals surface area contributed by atoms with E-state index in [0.29, 0.717) is 22.8 Å². The Labute approximate surface area is 201 Å². The lowest BCUT2D eigenvalue weighted by Gasteiger charge is -2.09. The molecule has 0 bridgehead atoms. The first-order valence-corrected chi connectivity index (χ1v) is 11.6. The summed E-state index contributed by atoms with van der Waals surface area (Å²) in [6, 6.07) is 22.4. The zero-order valence-corrected chi connectivity index (χ0v) is 19.7. The van der Waals surface area contributed by atoms with Crippen LogP contribution in [0, 0.1) is 13.8 Å². The number of nitrogens with zero attached hydrogens (tertiary/aromatic N) is 2. The van der Waals surface area contributed by atoms with Gasteiger partial charge in [-0.3, -0.25) is 9.59 Å². The van der Waals surface area contributed by atoms with Crippen LogP contribution in [0.2, 0.25) is 0 Å². The van der Waals surface area contributed by atoms with Crippen LogP contribution in [0.15, 0.2) is 72.8 Å². The maximum Gasteiger partial charge on any atom is 0.286 e. The van der Waals surface area contributed by atoms with Gasteiger partial charge in [-0.05, 0) is 55.3 Å². The maximum atomic E-state index is 12.6. The van der Waals surface area contributed by atoms with Crippen molar-refractivity contribution in [1.82, 2.24) is 15.5 Å². The number of aryl methyl sites for hydroxylation is 2. The van der Waals surface area contributed by atoms with E-state index in [4.69, 9.17) is 4.74 Å². The van der Waals surface area contributed by atoms with E-state index in [9.17, 15) is 9.59 Å². The Balaban J connectivity index is 1.33. The normalized spacial score (nSPS) is 10.5. The second-order valence-corrected chi connectivity index (χ2v) is 8.81. The molecular weight excluding hydrogens is 448 g/mol. The lowest BCUT2D eigenvalue weighted by atomic mass is 10.1. The van der Waals surface area contributed by atoms with Crippen LogP contribution in [0.1, 0.15) is 41.9 Å². The van der Waals surface area contributed by atoms with Crippen LogP contribution in [-0.4, -0.2) is 22.0 Å². The van der Waals surface area contributed by atoms with Gasteiger partial charge in [0, 0.05) is 17.8 Å². The summed E-state index contributed by atoms with van der Waals surface area (Å²) >= 11 is 1.16. The molecule has 2 amide bonds. The van der Waals surface area contributed by atoms with Crippen LogP contribution in [0.3, 0.4) is 0 Å². The van der Waals surface area contributed by atoms with Crippen LogP contribution in [0.25, 0.3) is 0 Å². The van der Waals surface area contributed by atoms with Gasteiger partial charge in [-0.2, -0.15) is 0 Å². The third kappa shape index (κ3) is 6.05. The molecular formula is C26H24N4O3S. The van der Waals surface area contributed by atoms with E-state index in [1.54, 1.807) is 24.3 Å². The summed E-state index contributed by atoms with van der Waals surface area (Å²) in [5, 5.41) is 14.5. The van der Waals surface area contributed by atoms with Crippen molar-refractivity contribution >= 4 is 28.8 Å². The van der Waals surface area contributed by atoms with Crippen LogP contribution < -0.4 is 15.4 Å². The maximum absolute atomic E-state index is 12.6. The molecule has 0 aliphatic rings. The number of benzene rings is 3. The molecule has 0 aliphatic carbocycles. The lowest BCUT2D eigenvalue weighted by Crippen LogP contribution is -2.23. The third-order valence-electron chi connectivity index (χ3n) is 5.13. The molecule has 0 aliphatic heterocycles. The van der Waals surface area contributed by atoms with Gasteiger partial charge < -0.3 is 15.4 Å². The van der Waals surface area contributed by atoms with Crippen molar-refractivity contribution in [2.24, 2.45) is 0 Å². The number of carbonyl (C=O) groups is 2.